The van der Waals surface area contributed by atoms with Gasteiger partial charge in [-0.15, -0.1) is 12.4 Å². The van der Waals surface area contributed by atoms with Crippen molar-refractivity contribution in [2.75, 3.05) is 6.54 Å². The van der Waals surface area contributed by atoms with Gasteiger partial charge in [-0.25, -0.2) is 0 Å². The zero-order valence-electron chi connectivity index (χ0n) is 8.98. The third-order valence-corrected chi connectivity index (χ3v) is 2.69. The van der Waals surface area contributed by atoms with Gasteiger partial charge in [0.05, 0.1) is 5.54 Å². The monoisotopic (exact) mass is 241 g/mol. The standard InChI is InChI=1S/C11H15N3O.ClH/c12-11(4-5-11)10(15)14-8-3-9-1-6-13-7-2-9;/h1-2,6-7H,3-5,8,12H2,(H,14,15);1H. The lowest BCUT2D eigenvalue weighted by atomic mass is 10.2. The Morgan fingerprint density at radius 1 is 1.44 bits per heavy atom. The Balaban J connectivity index is 0.00000128. The third-order valence-electron chi connectivity index (χ3n) is 2.69. The molecule has 1 aromatic rings. The Hall–Kier alpha value is -1.13. The summed E-state index contributed by atoms with van der Waals surface area (Å²) in [6.45, 7) is 0.641. The lowest BCUT2D eigenvalue weighted by Gasteiger charge is -2.09. The maximum absolute atomic E-state index is 11.5. The molecule has 16 heavy (non-hydrogen) atoms. The summed E-state index contributed by atoms with van der Waals surface area (Å²) in [6, 6.07) is 3.89. The summed E-state index contributed by atoms with van der Waals surface area (Å²) in [5, 5.41) is 2.85. The summed E-state index contributed by atoms with van der Waals surface area (Å²) in [7, 11) is 0. The SMILES string of the molecule is Cl.NC1(C(=O)NCCc2ccncc2)CC1. The maximum atomic E-state index is 11.5. The van der Waals surface area contributed by atoms with Gasteiger partial charge in [-0.05, 0) is 37.0 Å². The largest absolute Gasteiger partial charge is 0.354 e. The van der Waals surface area contributed by atoms with Gasteiger partial charge >= 0.3 is 0 Å². The number of halogens is 1. The highest BCUT2D eigenvalue weighted by Gasteiger charge is 2.45. The first-order valence-corrected chi connectivity index (χ1v) is 5.17. The van der Waals surface area contributed by atoms with Crippen molar-refractivity contribution in [1.82, 2.24) is 10.3 Å². The van der Waals surface area contributed by atoms with Crippen molar-refractivity contribution < 1.29 is 4.79 Å². The van der Waals surface area contributed by atoms with Gasteiger partial charge in [0.1, 0.15) is 0 Å². The van der Waals surface area contributed by atoms with E-state index in [1.54, 1.807) is 12.4 Å². The molecular weight excluding hydrogens is 226 g/mol. The minimum Gasteiger partial charge on any atom is -0.354 e. The van der Waals surface area contributed by atoms with E-state index in [4.69, 9.17) is 5.73 Å². The van der Waals surface area contributed by atoms with Gasteiger partial charge in [0, 0.05) is 18.9 Å². The highest BCUT2D eigenvalue weighted by Crippen LogP contribution is 2.31. The van der Waals surface area contributed by atoms with Gasteiger partial charge in [0.15, 0.2) is 0 Å². The molecule has 3 N–H and O–H groups in total. The molecule has 1 heterocycles. The van der Waals surface area contributed by atoms with E-state index in [2.05, 4.69) is 10.3 Å². The lowest BCUT2D eigenvalue weighted by Crippen LogP contribution is -2.43. The van der Waals surface area contributed by atoms with Gasteiger partial charge in [0.25, 0.3) is 0 Å². The number of amides is 1. The Morgan fingerprint density at radius 3 is 2.62 bits per heavy atom. The molecule has 0 bridgehead atoms. The fourth-order valence-corrected chi connectivity index (χ4v) is 1.41. The topological polar surface area (TPSA) is 68.0 Å². The normalized spacial score (nSPS) is 16.1. The fourth-order valence-electron chi connectivity index (χ4n) is 1.41. The van der Waals surface area contributed by atoms with Gasteiger partial charge in [-0.3, -0.25) is 9.78 Å². The number of nitrogens with two attached hydrogens (primary N) is 1. The van der Waals surface area contributed by atoms with Gasteiger partial charge in [-0.1, -0.05) is 0 Å². The number of rotatable bonds is 4. The van der Waals surface area contributed by atoms with E-state index < -0.39 is 5.54 Å². The first kappa shape index (κ1) is 12.9. The predicted octanol–water partition coefficient (Wildman–Crippen LogP) is 0.653. The molecule has 1 fully saturated rings. The molecule has 0 spiro atoms. The minimum atomic E-state index is -0.557. The summed E-state index contributed by atoms with van der Waals surface area (Å²) in [5.74, 6) is -0.0171. The molecule has 0 unspecified atom stereocenters. The van der Waals surface area contributed by atoms with Crippen LogP contribution in [0.15, 0.2) is 24.5 Å². The van der Waals surface area contributed by atoms with E-state index in [-0.39, 0.29) is 18.3 Å². The first-order chi connectivity index (χ1) is 7.21. The lowest BCUT2D eigenvalue weighted by molar-refractivity contribution is -0.123. The van der Waals surface area contributed by atoms with Crippen LogP contribution in [-0.4, -0.2) is 23.0 Å². The van der Waals surface area contributed by atoms with Crippen molar-refractivity contribution in [3.8, 4) is 0 Å². The van der Waals surface area contributed by atoms with Crippen LogP contribution in [0.25, 0.3) is 0 Å². The second-order valence-electron chi connectivity index (χ2n) is 4.02. The zero-order valence-corrected chi connectivity index (χ0v) is 9.80. The van der Waals surface area contributed by atoms with Crippen molar-refractivity contribution in [2.24, 2.45) is 5.73 Å². The molecule has 2 rings (SSSR count). The molecule has 0 aliphatic heterocycles. The fraction of sp³-hybridized carbons (Fsp3) is 0.455. The van der Waals surface area contributed by atoms with Crippen molar-refractivity contribution in [1.29, 1.82) is 0 Å². The number of carbonyl (C=O) groups excluding carboxylic acids is 1. The number of carbonyl (C=O) groups is 1. The summed E-state index contributed by atoms with van der Waals surface area (Å²) in [6.07, 6.45) is 5.96. The van der Waals surface area contributed by atoms with Gasteiger partial charge in [0.2, 0.25) is 5.91 Å². The third kappa shape index (κ3) is 3.18. The average molecular weight is 242 g/mol. The van der Waals surface area contributed by atoms with Crippen LogP contribution in [0, 0.1) is 0 Å². The van der Waals surface area contributed by atoms with Crippen molar-refractivity contribution in [3.63, 3.8) is 0 Å². The molecule has 1 saturated carbocycles. The average Bonchev–Trinajstić information content (AvgIpc) is 2.99. The summed E-state index contributed by atoms with van der Waals surface area (Å²) >= 11 is 0. The van der Waals surface area contributed by atoms with Crippen LogP contribution in [0.3, 0.4) is 0 Å². The number of hydrogen-bond acceptors (Lipinski definition) is 3. The molecule has 0 aromatic carbocycles. The molecule has 0 radical (unpaired) electrons. The summed E-state index contributed by atoms with van der Waals surface area (Å²) < 4.78 is 0. The minimum absolute atomic E-state index is 0. The number of nitrogens with zero attached hydrogens (tertiary/aromatic N) is 1. The first-order valence-electron chi connectivity index (χ1n) is 5.17. The van der Waals surface area contributed by atoms with E-state index >= 15 is 0 Å². The number of hydrogen-bond donors (Lipinski definition) is 2. The summed E-state index contributed by atoms with van der Waals surface area (Å²) in [5.41, 5.74) is 6.36. The smallest absolute Gasteiger partial charge is 0.240 e. The van der Waals surface area contributed by atoms with Crippen molar-refractivity contribution >= 4 is 18.3 Å². The van der Waals surface area contributed by atoms with Crippen molar-refractivity contribution in [3.05, 3.63) is 30.1 Å². The Bertz CT molecular complexity index is 352. The van der Waals surface area contributed by atoms with E-state index in [0.717, 1.165) is 19.3 Å². The number of nitrogens with one attached hydrogen (secondary N) is 1. The number of aromatic nitrogens is 1. The molecule has 0 saturated heterocycles. The molecule has 1 aromatic heterocycles. The highest BCUT2D eigenvalue weighted by atomic mass is 35.5. The van der Waals surface area contributed by atoms with Crippen LogP contribution in [0.1, 0.15) is 18.4 Å². The second-order valence-corrected chi connectivity index (χ2v) is 4.02. The molecule has 4 nitrogen and oxygen atoms in total. The Labute approximate surface area is 101 Å². The molecule has 88 valence electrons. The predicted molar refractivity (Wildman–Crippen MR) is 64.4 cm³/mol. The molecule has 1 aliphatic rings. The van der Waals surface area contributed by atoms with Crippen LogP contribution in [0.4, 0.5) is 0 Å². The second kappa shape index (κ2) is 5.27. The molecule has 0 atom stereocenters. The Morgan fingerprint density at radius 2 is 2.06 bits per heavy atom. The number of pyridine rings is 1. The Kier molecular flexibility index (Phi) is 4.26. The zero-order chi connectivity index (χ0) is 10.7. The van der Waals surface area contributed by atoms with Crippen molar-refractivity contribution in [2.45, 2.75) is 24.8 Å². The molecule has 5 heteroatoms. The van der Waals surface area contributed by atoms with Crippen LogP contribution >= 0.6 is 12.4 Å². The van der Waals surface area contributed by atoms with E-state index in [1.165, 1.54) is 5.56 Å². The van der Waals surface area contributed by atoms with Crippen LogP contribution in [0.5, 0.6) is 0 Å². The summed E-state index contributed by atoms with van der Waals surface area (Å²) in [4.78, 5) is 15.4. The van der Waals surface area contributed by atoms with E-state index in [1.807, 2.05) is 12.1 Å². The highest BCUT2D eigenvalue weighted by molar-refractivity contribution is 5.88. The molecule has 1 amide bonds. The maximum Gasteiger partial charge on any atom is 0.240 e. The van der Waals surface area contributed by atoms with Crippen LogP contribution < -0.4 is 11.1 Å². The van der Waals surface area contributed by atoms with Gasteiger partial charge < -0.3 is 11.1 Å². The molecular formula is C11H16ClN3O. The van der Waals surface area contributed by atoms with E-state index in [9.17, 15) is 4.79 Å². The van der Waals surface area contributed by atoms with Gasteiger partial charge in [-0.2, -0.15) is 0 Å². The van der Waals surface area contributed by atoms with Crippen LogP contribution in [0.2, 0.25) is 0 Å². The molecule has 1 aliphatic carbocycles. The van der Waals surface area contributed by atoms with Crippen LogP contribution in [-0.2, 0) is 11.2 Å². The van der Waals surface area contributed by atoms with E-state index in [0.29, 0.717) is 6.54 Å². The quantitative estimate of drug-likeness (QED) is 0.814.